The van der Waals surface area contributed by atoms with Crippen molar-refractivity contribution in [2.75, 3.05) is 4.90 Å². The normalized spacial score (nSPS) is 16.0. The largest absolute Gasteiger partial charge is 0.278 e. The van der Waals surface area contributed by atoms with E-state index in [9.17, 15) is 14.9 Å². The minimum Gasteiger partial charge on any atom is -0.278 e. The molecule has 1 aliphatic rings. The Kier molecular flexibility index (Phi) is 4.18. The summed E-state index contributed by atoms with van der Waals surface area (Å²) in [6.07, 6.45) is 1.64. The number of amides is 1. The van der Waals surface area contributed by atoms with E-state index in [1.165, 1.54) is 17.0 Å². The van der Waals surface area contributed by atoms with Crippen LogP contribution in [0.25, 0.3) is 6.08 Å². The number of nitro benzene ring substituents is 1. The van der Waals surface area contributed by atoms with Gasteiger partial charge < -0.3 is 0 Å². The first-order valence-electron chi connectivity index (χ1n) is 7.09. The molecule has 120 valence electrons. The number of carbonyl (C=O) groups is 1. The lowest BCUT2D eigenvalue weighted by Crippen LogP contribution is -2.28. The fourth-order valence-electron chi connectivity index (χ4n) is 2.33. The number of nitrogens with one attached hydrogen (secondary N) is 1. The minimum absolute atomic E-state index is 0.00307. The number of amidine groups is 1. The van der Waals surface area contributed by atoms with E-state index in [4.69, 9.17) is 5.41 Å². The van der Waals surface area contributed by atoms with Gasteiger partial charge in [-0.1, -0.05) is 12.1 Å². The zero-order valence-electron chi connectivity index (χ0n) is 12.7. The maximum absolute atomic E-state index is 12.6. The fourth-order valence-corrected chi connectivity index (χ4v) is 3.19. The highest BCUT2D eigenvalue weighted by Crippen LogP contribution is 2.35. The monoisotopic (exact) mass is 339 g/mol. The molecule has 1 fully saturated rings. The summed E-state index contributed by atoms with van der Waals surface area (Å²) in [4.78, 5) is 24.6. The van der Waals surface area contributed by atoms with Crippen LogP contribution in [-0.2, 0) is 4.79 Å². The van der Waals surface area contributed by atoms with Crippen LogP contribution in [0.3, 0.4) is 0 Å². The molecule has 1 N–H and O–H groups in total. The number of non-ortho nitro benzene ring substituents is 1. The van der Waals surface area contributed by atoms with Crippen molar-refractivity contribution in [3.05, 3.63) is 74.7 Å². The van der Waals surface area contributed by atoms with Crippen LogP contribution in [0.4, 0.5) is 11.4 Å². The van der Waals surface area contributed by atoms with E-state index in [-0.39, 0.29) is 16.8 Å². The first-order valence-corrected chi connectivity index (χ1v) is 7.91. The van der Waals surface area contributed by atoms with E-state index in [2.05, 4.69) is 0 Å². The average Bonchev–Trinajstić information content (AvgIpc) is 2.82. The number of hydrogen-bond acceptors (Lipinski definition) is 5. The number of aryl methyl sites for hydroxylation is 1. The van der Waals surface area contributed by atoms with Gasteiger partial charge in [0.2, 0.25) is 0 Å². The molecule has 3 rings (SSSR count). The van der Waals surface area contributed by atoms with Gasteiger partial charge in [0.05, 0.1) is 15.5 Å². The van der Waals surface area contributed by atoms with Gasteiger partial charge in [-0.05, 0) is 60.2 Å². The predicted molar refractivity (Wildman–Crippen MR) is 95.1 cm³/mol. The van der Waals surface area contributed by atoms with Crippen molar-refractivity contribution in [2.24, 2.45) is 0 Å². The minimum atomic E-state index is -0.471. The van der Waals surface area contributed by atoms with Crippen LogP contribution in [0, 0.1) is 22.4 Å². The van der Waals surface area contributed by atoms with Gasteiger partial charge in [0.1, 0.15) is 0 Å². The Morgan fingerprint density at radius 1 is 1.21 bits per heavy atom. The Labute approximate surface area is 142 Å². The van der Waals surface area contributed by atoms with Crippen molar-refractivity contribution < 1.29 is 9.72 Å². The number of nitro groups is 1. The van der Waals surface area contributed by atoms with Crippen molar-refractivity contribution >= 4 is 40.3 Å². The Morgan fingerprint density at radius 2 is 1.92 bits per heavy atom. The molecule has 1 amide bonds. The molecule has 0 aromatic heterocycles. The number of rotatable bonds is 3. The highest BCUT2D eigenvalue weighted by atomic mass is 32.2. The lowest BCUT2D eigenvalue weighted by atomic mass is 10.2. The van der Waals surface area contributed by atoms with Crippen LogP contribution < -0.4 is 4.90 Å². The SMILES string of the molecule is Cc1cccc(N2C(=N)S/C(=C\c3ccc([N+](=O)[O-])cc3)C2=O)c1. The molecular weight excluding hydrogens is 326 g/mol. The lowest BCUT2D eigenvalue weighted by molar-refractivity contribution is -0.384. The topological polar surface area (TPSA) is 87.3 Å². The third-order valence-electron chi connectivity index (χ3n) is 3.49. The summed E-state index contributed by atoms with van der Waals surface area (Å²) >= 11 is 1.07. The maximum Gasteiger partial charge on any atom is 0.271 e. The molecule has 1 aliphatic heterocycles. The quantitative estimate of drug-likeness (QED) is 0.521. The van der Waals surface area contributed by atoms with Crippen molar-refractivity contribution in [2.45, 2.75) is 6.92 Å². The molecule has 6 nitrogen and oxygen atoms in total. The molecule has 0 radical (unpaired) electrons. The van der Waals surface area contributed by atoms with Gasteiger partial charge in [0, 0.05) is 12.1 Å². The Balaban J connectivity index is 1.89. The van der Waals surface area contributed by atoms with Gasteiger partial charge in [-0.2, -0.15) is 0 Å². The van der Waals surface area contributed by atoms with E-state index in [0.717, 1.165) is 17.3 Å². The van der Waals surface area contributed by atoms with Crippen molar-refractivity contribution in [1.29, 1.82) is 5.41 Å². The van der Waals surface area contributed by atoms with Crippen LogP contribution in [0.15, 0.2) is 53.4 Å². The van der Waals surface area contributed by atoms with E-state index < -0.39 is 4.92 Å². The van der Waals surface area contributed by atoms with Gasteiger partial charge in [0.25, 0.3) is 11.6 Å². The summed E-state index contributed by atoms with van der Waals surface area (Å²) in [6.45, 7) is 1.93. The molecule has 0 unspecified atom stereocenters. The second-order valence-electron chi connectivity index (χ2n) is 5.24. The molecule has 2 aromatic rings. The second kappa shape index (κ2) is 6.29. The Hall–Kier alpha value is -2.93. The highest BCUT2D eigenvalue weighted by molar-refractivity contribution is 8.19. The van der Waals surface area contributed by atoms with Gasteiger partial charge in [-0.25, -0.2) is 0 Å². The summed E-state index contributed by atoms with van der Waals surface area (Å²) in [5, 5.41) is 18.9. The predicted octanol–water partition coefficient (Wildman–Crippen LogP) is 3.96. The molecule has 0 bridgehead atoms. The molecule has 1 saturated heterocycles. The molecule has 24 heavy (non-hydrogen) atoms. The van der Waals surface area contributed by atoms with Crippen molar-refractivity contribution in [3.8, 4) is 0 Å². The van der Waals surface area contributed by atoms with Crippen LogP contribution in [0.2, 0.25) is 0 Å². The maximum atomic E-state index is 12.6. The summed E-state index contributed by atoms with van der Waals surface area (Å²) in [7, 11) is 0. The number of nitrogens with zero attached hydrogens (tertiary/aromatic N) is 2. The smallest absolute Gasteiger partial charge is 0.271 e. The molecule has 0 spiro atoms. The molecule has 2 aromatic carbocycles. The van der Waals surface area contributed by atoms with E-state index >= 15 is 0 Å². The van der Waals surface area contributed by atoms with Crippen LogP contribution >= 0.6 is 11.8 Å². The van der Waals surface area contributed by atoms with E-state index in [0.29, 0.717) is 16.2 Å². The molecule has 0 saturated carbocycles. The molecule has 1 heterocycles. The zero-order chi connectivity index (χ0) is 17.3. The summed E-state index contributed by atoms with van der Waals surface area (Å²) in [6, 6.07) is 13.3. The standard InChI is InChI=1S/C17H13N3O3S/c1-11-3-2-4-14(9-11)19-16(21)15(24-17(19)18)10-12-5-7-13(8-6-12)20(22)23/h2-10,18H,1H3/b15-10-,18-17?. The van der Waals surface area contributed by atoms with Gasteiger partial charge >= 0.3 is 0 Å². The van der Waals surface area contributed by atoms with Crippen molar-refractivity contribution in [1.82, 2.24) is 0 Å². The van der Waals surface area contributed by atoms with Crippen LogP contribution in [0.5, 0.6) is 0 Å². The Morgan fingerprint density at radius 3 is 2.54 bits per heavy atom. The number of anilines is 1. The average molecular weight is 339 g/mol. The Bertz CT molecular complexity index is 875. The number of carbonyl (C=O) groups excluding carboxylic acids is 1. The number of thioether (sulfide) groups is 1. The summed E-state index contributed by atoms with van der Waals surface area (Å²) in [5.41, 5.74) is 2.34. The van der Waals surface area contributed by atoms with Gasteiger partial charge in [-0.3, -0.25) is 25.2 Å². The van der Waals surface area contributed by atoms with E-state index in [1.807, 2.05) is 25.1 Å². The van der Waals surface area contributed by atoms with Crippen LogP contribution in [0.1, 0.15) is 11.1 Å². The first-order chi connectivity index (χ1) is 11.5. The number of benzene rings is 2. The second-order valence-corrected chi connectivity index (χ2v) is 6.27. The summed E-state index contributed by atoms with van der Waals surface area (Å²) in [5.74, 6) is -0.269. The summed E-state index contributed by atoms with van der Waals surface area (Å²) < 4.78 is 0. The highest BCUT2D eigenvalue weighted by Gasteiger charge is 2.33. The van der Waals surface area contributed by atoms with Gasteiger partial charge in [0.15, 0.2) is 5.17 Å². The van der Waals surface area contributed by atoms with E-state index in [1.54, 1.807) is 24.3 Å². The third kappa shape index (κ3) is 3.07. The third-order valence-corrected chi connectivity index (χ3v) is 4.37. The van der Waals surface area contributed by atoms with Gasteiger partial charge in [-0.15, -0.1) is 0 Å². The zero-order valence-corrected chi connectivity index (χ0v) is 13.5. The fraction of sp³-hybridized carbons (Fsp3) is 0.0588. The van der Waals surface area contributed by atoms with Crippen LogP contribution in [-0.4, -0.2) is 16.0 Å². The van der Waals surface area contributed by atoms with Crippen molar-refractivity contribution in [3.63, 3.8) is 0 Å². The molecule has 7 heteroatoms. The molecule has 0 aliphatic carbocycles. The molecule has 0 atom stereocenters. The number of hydrogen-bond donors (Lipinski definition) is 1. The molecular formula is C17H13N3O3S. The lowest BCUT2D eigenvalue weighted by Gasteiger charge is -2.14. The first kappa shape index (κ1) is 15.9.